The first-order valence-corrected chi connectivity index (χ1v) is 4.58. The lowest BCUT2D eigenvalue weighted by Crippen LogP contribution is -2.20. The molecule has 17 heavy (non-hydrogen) atoms. The van der Waals surface area contributed by atoms with Gasteiger partial charge < -0.3 is 9.72 Å². The lowest BCUT2D eigenvalue weighted by atomic mass is 10.3. The van der Waals surface area contributed by atoms with Crippen LogP contribution in [0, 0.1) is 0 Å². The number of nitrogens with one attached hydrogen (secondary N) is 1. The van der Waals surface area contributed by atoms with Crippen molar-refractivity contribution in [2.45, 2.75) is 6.36 Å². The van der Waals surface area contributed by atoms with Gasteiger partial charge in [0.05, 0.1) is 5.69 Å². The van der Waals surface area contributed by atoms with Gasteiger partial charge in [0.1, 0.15) is 0 Å². The molecule has 1 aromatic carbocycles. The van der Waals surface area contributed by atoms with E-state index < -0.39 is 17.8 Å². The highest BCUT2D eigenvalue weighted by Gasteiger charge is 2.32. The average molecular weight is 244 g/mol. The van der Waals surface area contributed by atoms with Crippen LogP contribution < -0.4 is 10.4 Å². The number of imidazole rings is 1. The third kappa shape index (κ3) is 2.49. The van der Waals surface area contributed by atoms with E-state index in [9.17, 15) is 18.0 Å². The van der Waals surface area contributed by atoms with Gasteiger partial charge in [-0.05, 0) is 12.1 Å². The first kappa shape index (κ1) is 11.3. The predicted molar refractivity (Wildman–Crippen MR) is 53.1 cm³/mol. The van der Waals surface area contributed by atoms with E-state index in [2.05, 4.69) is 9.72 Å². The molecule has 1 N–H and O–H groups in total. The second kappa shape index (κ2) is 4.00. The Kier molecular flexibility index (Phi) is 2.66. The largest absolute Gasteiger partial charge is 0.573 e. The van der Waals surface area contributed by atoms with Gasteiger partial charge in [-0.25, -0.2) is 4.79 Å². The summed E-state index contributed by atoms with van der Waals surface area (Å²) < 4.78 is 41.3. The van der Waals surface area contributed by atoms with Crippen molar-refractivity contribution in [3.63, 3.8) is 0 Å². The summed E-state index contributed by atoms with van der Waals surface area (Å²) in [7, 11) is 0. The highest BCUT2D eigenvalue weighted by atomic mass is 19.4. The molecule has 7 heteroatoms. The number of aromatic amines is 1. The van der Waals surface area contributed by atoms with Crippen LogP contribution in [0.25, 0.3) is 5.69 Å². The number of benzene rings is 1. The molecule has 0 saturated heterocycles. The fourth-order valence-electron chi connectivity index (χ4n) is 1.38. The molecule has 0 amide bonds. The van der Waals surface area contributed by atoms with Crippen molar-refractivity contribution >= 4 is 0 Å². The van der Waals surface area contributed by atoms with Crippen LogP contribution in [0.2, 0.25) is 0 Å². The molecule has 0 fully saturated rings. The van der Waals surface area contributed by atoms with Crippen LogP contribution in [0.3, 0.4) is 0 Å². The minimum absolute atomic E-state index is 0.0241. The quantitative estimate of drug-likeness (QED) is 0.878. The molecule has 2 rings (SSSR count). The number of aromatic nitrogens is 2. The number of rotatable bonds is 2. The maximum atomic E-state index is 12.1. The van der Waals surface area contributed by atoms with E-state index in [0.29, 0.717) is 0 Å². The number of nitrogens with zero attached hydrogens (tertiary/aromatic N) is 1. The maximum absolute atomic E-state index is 12.1. The van der Waals surface area contributed by atoms with Gasteiger partial charge in [-0.1, -0.05) is 12.1 Å². The van der Waals surface area contributed by atoms with Gasteiger partial charge >= 0.3 is 12.1 Å². The number of halogens is 3. The van der Waals surface area contributed by atoms with Crippen molar-refractivity contribution in [1.29, 1.82) is 0 Å². The Hall–Kier alpha value is -2.18. The van der Waals surface area contributed by atoms with Crippen LogP contribution in [0.4, 0.5) is 13.2 Å². The summed E-state index contributed by atoms with van der Waals surface area (Å²) in [6.07, 6.45) is -2.15. The Balaban J connectivity index is 2.49. The molecule has 90 valence electrons. The lowest BCUT2D eigenvalue weighted by molar-refractivity contribution is -0.274. The smallest absolute Gasteiger partial charge is 0.404 e. The third-order valence-electron chi connectivity index (χ3n) is 2.00. The van der Waals surface area contributed by atoms with Crippen LogP contribution >= 0.6 is 0 Å². The Bertz CT molecular complexity index is 571. The van der Waals surface area contributed by atoms with Crippen LogP contribution in [0.1, 0.15) is 0 Å². The topological polar surface area (TPSA) is 47.0 Å². The molecule has 0 radical (unpaired) electrons. The second-order valence-electron chi connectivity index (χ2n) is 3.15. The zero-order chi connectivity index (χ0) is 12.5. The molecule has 0 unspecified atom stereocenters. The highest BCUT2D eigenvalue weighted by molar-refractivity contribution is 5.46. The lowest BCUT2D eigenvalue weighted by Gasteiger charge is -2.12. The van der Waals surface area contributed by atoms with Crippen molar-refractivity contribution in [3.05, 3.63) is 47.1 Å². The van der Waals surface area contributed by atoms with Crippen molar-refractivity contribution in [2.24, 2.45) is 0 Å². The molecule has 2 aromatic rings. The molecule has 0 aliphatic heterocycles. The SMILES string of the molecule is O=c1[nH]ccn1-c1ccccc1OC(F)(F)F. The van der Waals surface area contributed by atoms with Crippen molar-refractivity contribution in [2.75, 3.05) is 0 Å². The first-order chi connectivity index (χ1) is 7.97. The molecular formula is C10H7F3N2O2. The minimum Gasteiger partial charge on any atom is -0.404 e. The molecule has 0 aliphatic carbocycles. The molecule has 0 spiro atoms. The Morgan fingerprint density at radius 3 is 2.53 bits per heavy atom. The Morgan fingerprint density at radius 1 is 1.24 bits per heavy atom. The molecule has 0 aliphatic rings. The van der Waals surface area contributed by atoms with Crippen LogP contribution in [0.5, 0.6) is 5.75 Å². The van der Waals surface area contributed by atoms with E-state index in [-0.39, 0.29) is 5.69 Å². The molecule has 0 saturated carbocycles. The minimum atomic E-state index is -4.80. The monoisotopic (exact) mass is 244 g/mol. The van der Waals surface area contributed by atoms with Crippen LogP contribution in [0.15, 0.2) is 41.5 Å². The summed E-state index contributed by atoms with van der Waals surface area (Å²) in [6, 6.07) is 5.40. The van der Waals surface area contributed by atoms with Crippen molar-refractivity contribution in [1.82, 2.24) is 9.55 Å². The summed E-state index contributed by atoms with van der Waals surface area (Å²) in [5.41, 5.74) is -0.515. The van der Waals surface area contributed by atoms with Gasteiger partial charge in [-0.3, -0.25) is 4.57 Å². The van der Waals surface area contributed by atoms with Crippen molar-refractivity contribution in [3.8, 4) is 11.4 Å². The summed E-state index contributed by atoms with van der Waals surface area (Å²) in [5.74, 6) is -0.429. The van der Waals surface area contributed by atoms with E-state index in [1.807, 2.05) is 0 Å². The number of ether oxygens (including phenoxy) is 1. The molecule has 0 atom stereocenters. The maximum Gasteiger partial charge on any atom is 0.573 e. The summed E-state index contributed by atoms with van der Waals surface area (Å²) >= 11 is 0. The zero-order valence-electron chi connectivity index (χ0n) is 8.36. The van der Waals surface area contributed by atoms with Crippen LogP contribution in [-0.2, 0) is 0 Å². The highest BCUT2D eigenvalue weighted by Crippen LogP contribution is 2.27. The van der Waals surface area contributed by atoms with E-state index in [4.69, 9.17) is 0 Å². The molecule has 1 aromatic heterocycles. The van der Waals surface area contributed by atoms with Gasteiger partial charge in [0.25, 0.3) is 0 Å². The summed E-state index contributed by atoms with van der Waals surface area (Å²) in [6.45, 7) is 0. The Labute approximate surface area is 93.3 Å². The number of para-hydroxylation sites is 2. The Morgan fingerprint density at radius 2 is 1.94 bits per heavy atom. The number of hydrogen-bond acceptors (Lipinski definition) is 2. The summed E-state index contributed by atoms with van der Waals surface area (Å²) in [5, 5.41) is 0. The van der Waals surface area contributed by atoms with E-state index in [0.717, 1.165) is 10.6 Å². The number of H-pyrrole nitrogens is 1. The van der Waals surface area contributed by atoms with Crippen molar-refractivity contribution < 1.29 is 17.9 Å². The summed E-state index contributed by atoms with van der Waals surface area (Å²) in [4.78, 5) is 13.6. The number of alkyl halides is 3. The van der Waals surface area contributed by atoms with Crippen LogP contribution in [-0.4, -0.2) is 15.9 Å². The molecule has 1 heterocycles. The average Bonchev–Trinajstić information content (AvgIpc) is 2.63. The third-order valence-corrected chi connectivity index (χ3v) is 2.00. The second-order valence-corrected chi connectivity index (χ2v) is 3.15. The normalized spacial score (nSPS) is 11.5. The molecular weight excluding hydrogens is 237 g/mol. The van der Waals surface area contributed by atoms with Gasteiger partial charge in [-0.2, -0.15) is 0 Å². The van der Waals surface area contributed by atoms with Gasteiger partial charge in [0.2, 0.25) is 0 Å². The predicted octanol–water partition coefficient (Wildman–Crippen LogP) is 2.06. The van der Waals surface area contributed by atoms with Gasteiger partial charge in [0, 0.05) is 12.4 Å². The standard InChI is InChI=1S/C10H7F3N2O2/c11-10(12,13)17-8-4-2-1-3-7(8)15-6-5-14-9(15)16/h1-6H,(H,14,16). The first-order valence-electron chi connectivity index (χ1n) is 4.58. The molecule has 0 bridgehead atoms. The van der Waals surface area contributed by atoms with Gasteiger partial charge in [0.15, 0.2) is 5.75 Å². The fraction of sp³-hybridized carbons (Fsp3) is 0.100. The fourth-order valence-corrected chi connectivity index (χ4v) is 1.38. The van der Waals surface area contributed by atoms with E-state index in [1.54, 1.807) is 0 Å². The number of hydrogen-bond donors (Lipinski definition) is 1. The molecule has 4 nitrogen and oxygen atoms in total. The van der Waals surface area contributed by atoms with E-state index >= 15 is 0 Å². The van der Waals surface area contributed by atoms with Gasteiger partial charge in [-0.15, -0.1) is 13.2 Å². The zero-order valence-corrected chi connectivity index (χ0v) is 8.36. The van der Waals surface area contributed by atoms with E-state index in [1.165, 1.54) is 30.6 Å².